The van der Waals surface area contributed by atoms with Crippen LogP contribution >= 0.6 is 0 Å². The zero-order valence-electron chi connectivity index (χ0n) is 15.0. The van der Waals surface area contributed by atoms with Crippen LogP contribution in [0.25, 0.3) is 0 Å². The van der Waals surface area contributed by atoms with Crippen LogP contribution < -0.4 is 27.8 Å². The quantitative estimate of drug-likeness (QED) is 0.122. The average molecular weight is 382 g/mol. The van der Waals surface area contributed by atoms with Crippen LogP contribution in [0.15, 0.2) is 17.5 Å². The van der Waals surface area contributed by atoms with E-state index in [9.17, 15) is 19.5 Å². The molecule has 1 rings (SSSR count). The molecule has 150 valence electrons. The number of hydrogen-bond acceptors (Lipinski definition) is 6. The van der Waals surface area contributed by atoms with Gasteiger partial charge in [-0.3, -0.25) is 14.6 Å². The van der Waals surface area contributed by atoms with Crippen LogP contribution in [0.3, 0.4) is 0 Å². The number of nitrogens with two attached hydrogens (primary N) is 3. The fourth-order valence-corrected chi connectivity index (χ4v) is 2.16. The summed E-state index contributed by atoms with van der Waals surface area (Å²) in [5, 5.41) is 14.3. The van der Waals surface area contributed by atoms with E-state index in [0.29, 0.717) is 12.1 Å². The molecule has 0 radical (unpaired) electrons. The Balaban J connectivity index is 2.77. The van der Waals surface area contributed by atoms with E-state index in [4.69, 9.17) is 17.2 Å². The summed E-state index contributed by atoms with van der Waals surface area (Å²) in [6, 6.07) is -2.98. The molecule has 1 heterocycles. The number of nitrogens with one attached hydrogen (secondary N) is 3. The van der Waals surface area contributed by atoms with Gasteiger partial charge in [0, 0.05) is 24.9 Å². The number of aliphatic imine (C=N–C) groups is 1. The smallest absolute Gasteiger partial charge is 0.326 e. The summed E-state index contributed by atoms with van der Waals surface area (Å²) in [7, 11) is 0. The molecule has 0 aliphatic heterocycles. The zero-order chi connectivity index (χ0) is 20.4. The van der Waals surface area contributed by atoms with Crippen molar-refractivity contribution in [3.63, 3.8) is 0 Å². The molecule has 1 aromatic rings. The molecule has 3 atom stereocenters. The molecule has 0 saturated carbocycles. The van der Waals surface area contributed by atoms with Gasteiger partial charge in [-0.2, -0.15) is 0 Å². The lowest BCUT2D eigenvalue weighted by Gasteiger charge is -2.22. The average Bonchev–Trinajstić information content (AvgIpc) is 3.09. The van der Waals surface area contributed by atoms with Crippen LogP contribution in [0.5, 0.6) is 0 Å². The van der Waals surface area contributed by atoms with E-state index < -0.39 is 35.9 Å². The molecule has 0 unspecified atom stereocenters. The van der Waals surface area contributed by atoms with E-state index in [1.807, 2.05) is 0 Å². The van der Waals surface area contributed by atoms with Gasteiger partial charge in [0.2, 0.25) is 11.8 Å². The molecular formula is C15H26N8O4. The summed E-state index contributed by atoms with van der Waals surface area (Å²) in [4.78, 5) is 46.2. The Labute approximate surface area is 156 Å². The number of nitrogens with zero attached hydrogens (tertiary/aromatic N) is 2. The Kier molecular flexibility index (Phi) is 8.72. The monoisotopic (exact) mass is 382 g/mol. The normalized spacial score (nSPS) is 13.9. The minimum Gasteiger partial charge on any atom is -0.480 e. The second kappa shape index (κ2) is 10.8. The summed E-state index contributed by atoms with van der Waals surface area (Å²) in [6.45, 7) is 1.73. The van der Waals surface area contributed by atoms with Crippen molar-refractivity contribution in [1.82, 2.24) is 20.6 Å². The van der Waals surface area contributed by atoms with E-state index >= 15 is 0 Å². The van der Waals surface area contributed by atoms with Crippen molar-refractivity contribution in [3.8, 4) is 0 Å². The van der Waals surface area contributed by atoms with Gasteiger partial charge in [-0.25, -0.2) is 9.78 Å². The van der Waals surface area contributed by atoms with Crippen molar-refractivity contribution in [3.05, 3.63) is 18.2 Å². The largest absolute Gasteiger partial charge is 0.480 e. The molecule has 27 heavy (non-hydrogen) atoms. The SMILES string of the molecule is C[C@H](N)C(=O)N[C@@H](CCCN=C(N)N)C(=O)N[C@@H](Cc1cnc[nH]1)C(=O)O. The van der Waals surface area contributed by atoms with Crippen LogP contribution in [0.1, 0.15) is 25.5 Å². The highest BCUT2D eigenvalue weighted by Crippen LogP contribution is 2.03. The van der Waals surface area contributed by atoms with E-state index in [2.05, 4.69) is 25.6 Å². The minimum absolute atomic E-state index is 0.0169. The van der Waals surface area contributed by atoms with Gasteiger partial charge in [0.15, 0.2) is 5.96 Å². The Morgan fingerprint density at radius 3 is 2.44 bits per heavy atom. The fraction of sp³-hybridized carbons (Fsp3) is 0.533. The first-order valence-corrected chi connectivity index (χ1v) is 8.32. The van der Waals surface area contributed by atoms with Gasteiger partial charge in [0.1, 0.15) is 12.1 Å². The molecule has 1 aromatic heterocycles. The lowest BCUT2D eigenvalue weighted by molar-refractivity contribution is -0.142. The van der Waals surface area contributed by atoms with Gasteiger partial charge in [-0.15, -0.1) is 0 Å². The molecule has 0 fully saturated rings. The molecule has 0 spiro atoms. The van der Waals surface area contributed by atoms with Crippen molar-refractivity contribution in [1.29, 1.82) is 0 Å². The molecular weight excluding hydrogens is 356 g/mol. The Morgan fingerprint density at radius 1 is 1.26 bits per heavy atom. The maximum absolute atomic E-state index is 12.5. The molecule has 12 heteroatoms. The van der Waals surface area contributed by atoms with Gasteiger partial charge in [-0.05, 0) is 19.8 Å². The highest BCUT2D eigenvalue weighted by molar-refractivity contribution is 5.91. The number of H-pyrrole nitrogens is 1. The van der Waals surface area contributed by atoms with Crippen LogP contribution in [0.4, 0.5) is 0 Å². The molecule has 12 nitrogen and oxygen atoms in total. The molecule has 2 amide bonds. The number of imidazole rings is 1. The summed E-state index contributed by atoms with van der Waals surface area (Å²) in [5.74, 6) is -2.46. The third kappa shape index (κ3) is 8.18. The number of amides is 2. The van der Waals surface area contributed by atoms with E-state index in [-0.39, 0.29) is 25.3 Å². The van der Waals surface area contributed by atoms with Gasteiger partial charge in [0.05, 0.1) is 12.4 Å². The maximum atomic E-state index is 12.5. The molecule has 0 saturated heterocycles. The summed E-state index contributed by atoms with van der Waals surface area (Å²) >= 11 is 0. The van der Waals surface area contributed by atoms with Gasteiger partial charge in [0.25, 0.3) is 0 Å². The second-order valence-electron chi connectivity index (χ2n) is 5.98. The Hall–Kier alpha value is -3.15. The summed E-state index contributed by atoms with van der Waals surface area (Å²) in [5.41, 5.74) is 16.5. The van der Waals surface area contributed by atoms with Gasteiger partial charge >= 0.3 is 5.97 Å². The number of hydrogen-bond donors (Lipinski definition) is 7. The first-order valence-electron chi connectivity index (χ1n) is 8.32. The number of carbonyl (C=O) groups is 3. The Bertz CT molecular complexity index is 655. The first-order chi connectivity index (χ1) is 12.7. The number of aromatic amines is 1. The minimum atomic E-state index is -1.21. The van der Waals surface area contributed by atoms with Crippen LogP contribution in [-0.4, -0.2) is 63.5 Å². The van der Waals surface area contributed by atoms with Crippen LogP contribution in [0.2, 0.25) is 0 Å². The third-order valence-electron chi connectivity index (χ3n) is 3.59. The number of aliphatic carboxylic acids is 1. The predicted octanol–water partition coefficient (Wildman–Crippen LogP) is -2.59. The van der Waals surface area contributed by atoms with Crippen LogP contribution in [-0.2, 0) is 20.8 Å². The number of guanidine groups is 1. The van der Waals surface area contributed by atoms with Crippen molar-refractivity contribution in [2.24, 2.45) is 22.2 Å². The number of carbonyl (C=O) groups excluding carboxylic acids is 2. The zero-order valence-corrected chi connectivity index (χ0v) is 15.0. The van der Waals surface area contributed by atoms with E-state index in [1.54, 1.807) is 0 Å². The fourth-order valence-electron chi connectivity index (χ4n) is 2.16. The number of aromatic nitrogens is 2. The second-order valence-corrected chi connectivity index (χ2v) is 5.98. The van der Waals surface area contributed by atoms with E-state index in [1.165, 1.54) is 19.4 Å². The lowest BCUT2D eigenvalue weighted by atomic mass is 10.1. The molecule has 0 aromatic carbocycles. The molecule has 10 N–H and O–H groups in total. The number of rotatable bonds is 11. The van der Waals surface area contributed by atoms with Crippen molar-refractivity contribution in [2.75, 3.05) is 6.54 Å². The number of carboxylic acids is 1. The molecule has 0 bridgehead atoms. The van der Waals surface area contributed by atoms with Gasteiger partial charge in [-0.1, -0.05) is 0 Å². The molecule has 0 aliphatic rings. The predicted molar refractivity (Wildman–Crippen MR) is 97.3 cm³/mol. The topological polar surface area (TPSA) is 215 Å². The van der Waals surface area contributed by atoms with E-state index in [0.717, 1.165) is 0 Å². The number of carboxylic acid groups (broad SMARTS) is 1. The summed E-state index contributed by atoms with van der Waals surface area (Å²) in [6.07, 6.45) is 3.49. The third-order valence-corrected chi connectivity index (χ3v) is 3.59. The Morgan fingerprint density at radius 2 is 1.93 bits per heavy atom. The van der Waals surface area contributed by atoms with Crippen molar-refractivity contribution in [2.45, 2.75) is 44.3 Å². The molecule has 0 aliphatic carbocycles. The van der Waals surface area contributed by atoms with Crippen LogP contribution in [0, 0.1) is 0 Å². The maximum Gasteiger partial charge on any atom is 0.326 e. The first kappa shape index (κ1) is 21.9. The van der Waals surface area contributed by atoms with Gasteiger partial charge < -0.3 is 37.9 Å². The lowest BCUT2D eigenvalue weighted by Crippen LogP contribution is -2.54. The van der Waals surface area contributed by atoms with Crippen molar-refractivity contribution >= 4 is 23.7 Å². The summed E-state index contributed by atoms with van der Waals surface area (Å²) < 4.78 is 0. The highest BCUT2D eigenvalue weighted by atomic mass is 16.4. The highest BCUT2D eigenvalue weighted by Gasteiger charge is 2.27. The van der Waals surface area contributed by atoms with Crippen molar-refractivity contribution < 1.29 is 19.5 Å². The standard InChI is InChI=1S/C15H26N8O4/c1-8(16)12(24)22-10(3-2-4-20-15(17)18)13(25)23-11(14(26)27)5-9-6-19-7-21-9/h6-8,10-11H,2-5,16H2,1H3,(H,19,21)(H,22,24)(H,23,25)(H,26,27)(H4,17,18,20)/t8-,10-,11-/m0/s1.